The Morgan fingerprint density at radius 2 is 1.45 bits per heavy atom. The summed E-state index contributed by atoms with van der Waals surface area (Å²) in [5, 5.41) is 4.24. The lowest BCUT2D eigenvalue weighted by Crippen LogP contribution is -2.50. The zero-order valence-corrected chi connectivity index (χ0v) is 16.6. The van der Waals surface area contributed by atoms with Crippen LogP contribution in [0.5, 0.6) is 0 Å². The van der Waals surface area contributed by atoms with Gasteiger partial charge in [0.1, 0.15) is 0 Å². The van der Waals surface area contributed by atoms with E-state index in [1.165, 1.54) is 0 Å². The Labute approximate surface area is 171 Å². The zero-order valence-electron chi connectivity index (χ0n) is 16.6. The van der Waals surface area contributed by atoms with Gasteiger partial charge in [-0.2, -0.15) is 0 Å². The third-order valence-electron chi connectivity index (χ3n) is 6.54. The molecule has 2 aliphatic rings. The summed E-state index contributed by atoms with van der Waals surface area (Å²) in [6.45, 7) is 2.31. The van der Waals surface area contributed by atoms with Crippen molar-refractivity contribution in [1.82, 2.24) is 9.80 Å². The molecule has 3 aromatic rings. The maximum absolute atomic E-state index is 13.6. The summed E-state index contributed by atoms with van der Waals surface area (Å²) < 4.78 is 0. The lowest BCUT2D eigenvalue weighted by Gasteiger charge is -2.40. The van der Waals surface area contributed by atoms with Gasteiger partial charge in [-0.3, -0.25) is 9.59 Å². The molecule has 0 bridgehead atoms. The highest BCUT2D eigenvalue weighted by Gasteiger charge is 2.31. The molecular formula is C25H26N2O2. The minimum absolute atomic E-state index is 0.112. The van der Waals surface area contributed by atoms with Gasteiger partial charge in [0.05, 0.1) is 5.56 Å². The highest BCUT2D eigenvalue weighted by molar-refractivity contribution is 6.18. The standard InChI is InChI=1S/C25H26N2O2/c28-23-11-5-6-14-27(23)20-12-15-26(16-13-20)25(29)24-21-9-3-1-7-18(21)17-19-8-2-4-10-22(19)24/h1-4,7-10,17,20H,5-6,11-16H2. The van der Waals surface area contributed by atoms with Crippen LogP contribution >= 0.6 is 0 Å². The number of nitrogens with zero attached hydrogens (tertiary/aromatic N) is 2. The molecule has 148 valence electrons. The lowest BCUT2D eigenvalue weighted by atomic mass is 9.94. The first-order valence-electron chi connectivity index (χ1n) is 10.7. The quantitative estimate of drug-likeness (QED) is 0.604. The molecule has 4 nitrogen and oxygen atoms in total. The predicted octanol–water partition coefficient (Wildman–Crippen LogP) is 4.61. The summed E-state index contributed by atoms with van der Waals surface area (Å²) in [5.74, 6) is 0.405. The molecule has 0 unspecified atom stereocenters. The highest BCUT2D eigenvalue weighted by Crippen LogP contribution is 2.31. The van der Waals surface area contributed by atoms with Gasteiger partial charge in [0.25, 0.3) is 5.91 Å². The van der Waals surface area contributed by atoms with Crippen molar-refractivity contribution >= 4 is 33.4 Å². The van der Waals surface area contributed by atoms with Gasteiger partial charge in [-0.25, -0.2) is 0 Å². The number of benzene rings is 3. The van der Waals surface area contributed by atoms with Gasteiger partial charge in [-0.1, -0.05) is 48.5 Å². The van der Waals surface area contributed by atoms with Crippen LogP contribution in [0.4, 0.5) is 0 Å². The first-order valence-corrected chi connectivity index (χ1v) is 10.7. The van der Waals surface area contributed by atoms with Crippen molar-refractivity contribution in [2.45, 2.75) is 38.1 Å². The van der Waals surface area contributed by atoms with Crippen LogP contribution in [-0.4, -0.2) is 47.3 Å². The molecule has 4 heteroatoms. The van der Waals surface area contributed by atoms with Crippen molar-refractivity contribution in [2.75, 3.05) is 19.6 Å². The van der Waals surface area contributed by atoms with Gasteiger partial charge in [0.2, 0.25) is 5.91 Å². The summed E-state index contributed by atoms with van der Waals surface area (Å²) in [6, 6.07) is 18.7. The molecule has 2 saturated heterocycles. The Morgan fingerprint density at radius 1 is 0.828 bits per heavy atom. The molecular weight excluding hydrogens is 360 g/mol. The molecule has 2 heterocycles. The SMILES string of the molecule is O=C(c1c2ccccc2cc2ccccc12)N1CCC(N2CCCCC2=O)CC1. The minimum atomic E-state index is 0.112. The third kappa shape index (κ3) is 3.27. The Balaban J connectivity index is 1.44. The molecule has 0 saturated carbocycles. The smallest absolute Gasteiger partial charge is 0.255 e. The largest absolute Gasteiger partial charge is 0.340 e. The molecule has 0 aliphatic carbocycles. The van der Waals surface area contributed by atoms with Gasteiger partial charge < -0.3 is 9.80 Å². The molecule has 0 radical (unpaired) electrons. The molecule has 0 atom stereocenters. The molecule has 0 aromatic heterocycles. The van der Waals surface area contributed by atoms with Crippen LogP contribution in [0, 0.1) is 0 Å². The summed E-state index contributed by atoms with van der Waals surface area (Å²) in [7, 11) is 0. The van der Waals surface area contributed by atoms with Gasteiger partial charge >= 0.3 is 0 Å². The van der Waals surface area contributed by atoms with Crippen LogP contribution in [0.15, 0.2) is 54.6 Å². The first kappa shape index (κ1) is 18.2. The van der Waals surface area contributed by atoms with Crippen molar-refractivity contribution in [3.05, 3.63) is 60.2 Å². The Bertz CT molecular complexity index is 1030. The van der Waals surface area contributed by atoms with E-state index >= 15 is 0 Å². The van der Waals surface area contributed by atoms with Crippen LogP contribution < -0.4 is 0 Å². The number of carbonyl (C=O) groups excluding carboxylic acids is 2. The van der Waals surface area contributed by atoms with Gasteiger partial charge in [0, 0.05) is 32.1 Å². The van der Waals surface area contributed by atoms with Crippen molar-refractivity contribution < 1.29 is 9.59 Å². The van der Waals surface area contributed by atoms with Gasteiger partial charge in [-0.15, -0.1) is 0 Å². The Kier molecular flexibility index (Phi) is 4.70. The van der Waals surface area contributed by atoms with E-state index in [0.29, 0.717) is 25.4 Å². The van der Waals surface area contributed by atoms with E-state index in [4.69, 9.17) is 0 Å². The summed E-state index contributed by atoms with van der Waals surface area (Å²) in [6.07, 6.45) is 4.55. The van der Waals surface area contributed by atoms with Crippen LogP contribution in [0.25, 0.3) is 21.5 Å². The van der Waals surface area contributed by atoms with Crippen molar-refractivity contribution in [2.24, 2.45) is 0 Å². The second-order valence-electron chi connectivity index (χ2n) is 8.26. The van der Waals surface area contributed by atoms with Crippen LogP contribution in [0.1, 0.15) is 42.5 Å². The molecule has 0 N–H and O–H groups in total. The Morgan fingerprint density at radius 3 is 2.07 bits per heavy atom. The maximum Gasteiger partial charge on any atom is 0.255 e. The predicted molar refractivity (Wildman–Crippen MR) is 116 cm³/mol. The van der Waals surface area contributed by atoms with E-state index in [2.05, 4.69) is 23.1 Å². The summed E-state index contributed by atoms with van der Waals surface area (Å²) in [4.78, 5) is 29.9. The Hall–Kier alpha value is -2.88. The van der Waals surface area contributed by atoms with Crippen LogP contribution in [0.3, 0.4) is 0 Å². The van der Waals surface area contributed by atoms with E-state index in [-0.39, 0.29) is 11.9 Å². The fourth-order valence-electron chi connectivity index (χ4n) is 5.00. The molecule has 2 fully saturated rings. The van der Waals surface area contributed by atoms with Gasteiger partial charge in [-0.05, 0) is 53.3 Å². The molecule has 3 aromatic carbocycles. The fourth-order valence-corrected chi connectivity index (χ4v) is 5.00. The average Bonchev–Trinajstić information content (AvgIpc) is 2.77. The number of carbonyl (C=O) groups is 2. The lowest BCUT2D eigenvalue weighted by molar-refractivity contribution is -0.136. The molecule has 0 spiro atoms. The second-order valence-corrected chi connectivity index (χ2v) is 8.26. The minimum Gasteiger partial charge on any atom is -0.340 e. The molecule has 2 aliphatic heterocycles. The fraction of sp³-hybridized carbons (Fsp3) is 0.360. The number of hydrogen-bond donors (Lipinski definition) is 0. The average molecular weight is 386 g/mol. The maximum atomic E-state index is 13.6. The summed E-state index contributed by atoms with van der Waals surface area (Å²) >= 11 is 0. The number of fused-ring (bicyclic) bond motifs is 2. The van der Waals surface area contributed by atoms with E-state index in [9.17, 15) is 9.59 Å². The number of rotatable bonds is 2. The highest BCUT2D eigenvalue weighted by atomic mass is 16.2. The van der Waals surface area contributed by atoms with Crippen LogP contribution in [-0.2, 0) is 4.79 Å². The third-order valence-corrected chi connectivity index (χ3v) is 6.54. The van der Waals surface area contributed by atoms with Crippen molar-refractivity contribution in [3.63, 3.8) is 0 Å². The molecule has 29 heavy (non-hydrogen) atoms. The van der Waals surface area contributed by atoms with E-state index < -0.39 is 0 Å². The zero-order chi connectivity index (χ0) is 19.8. The topological polar surface area (TPSA) is 40.6 Å². The molecule has 5 rings (SSSR count). The van der Waals surface area contributed by atoms with Crippen LogP contribution in [0.2, 0.25) is 0 Å². The summed E-state index contributed by atoms with van der Waals surface area (Å²) in [5.41, 5.74) is 0.811. The first-order chi connectivity index (χ1) is 14.2. The second kappa shape index (κ2) is 7.51. The van der Waals surface area contributed by atoms with Crippen molar-refractivity contribution in [3.8, 4) is 0 Å². The molecule has 2 amide bonds. The number of likely N-dealkylation sites (tertiary alicyclic amines) is 2. The van der Waals surface area contributed by atoms with E-state index in [0.717, 1.165) is 59.3 Å². The number of piperidine rings is 2. The number of amides is 2. The van der Waals surface area contributed by atoms with E-state index in [1.807, 2.05) is 41.3 Å². The number of hydrogen-bond acceptors (Lipinski definition) is 2. The normalized spacial score (nSPS) is 18.6. The van der Waals surface area contributed by atoms with E-state index in [1.54, 1.807) is 0 Å². The monoisotopic (exact) mass is 386 g/mol. The van der Waals surface area contributed by atoms with Crippen molar-refractivity contribution in [1.29, 1.82) is 0 Å². The van der Waals surface area contributed by atoms with Gasteiger partial charge in [0.15, 0.2) is 0 Å².